The first kappa shape index (κ1) is 14.1. The van der Waals surface area contributed by atoms with Gasteiger partial charge in [-0.3, -0.25) is 0 Å². The van der Waals surface area contributed by atoms with Gasteiger partial charge in [0, 0.05) is 20.6 Å². The maximum absolute atomic E-state index is 5.68. The number of nitrogens with two attached hydrogens (primary N) is 1. The van der Waals surface area contributed by atoms with Crippen molar-refractivity contribution in [1.82, 2.24) is 35.3 Å². The van der Waals surface area contributed by atoms with Crippen LogP contribution in [0.3, 0.4) is 0 Å². The first-order valence-corrected chi connectivity index (χ1v) is 6.36. The van der Waals surface area contributed by atoms with Gasteiger partial charge in [0.1, 0.15) is 6.54 Å². The molecule has 0 atom stereocenters. The van der Waals surface area contributed by atoms with E-state index in [2.05, 4.69) is 30.6 Å². The van der Waals surface area contributed by atoms with Gasteiger partial charge in [0.15, 0.2) is 5.82 Å². The fourth-order valence-electron chi connectivity index (χ4n) is 1.59. The average Bonchev–Trinajstić information content (AvgIpc) is 2.83. The molecular formula is C11H19N9. The van der Waals surface area contributed by atoms with Crippen molar-refractivity contribution in [2.24, 2.45) is 0 Å². The quantitative estimate of drug-likeness (QED) is 0.711. The van der Waals surface area contributed by atoms with Gasteiger partial charge in [-0.15, -0.1) is 5.10 Å². The van der Waals surface area contributed by atoms with Crippen molar-refractivity contribution < 1.29 is 0 Å². The highest BCUT2D eigenvalue weighted by Crippen LogP contribution is 2.06. The lowest BCUT2D eigenvalue weighted by Crippen LogP contribution is -2.17. The first-order valence-electron chi connectivity index (χ1n) is 6.36. The van der Waals surface area contributed by atoms with Crippen LogP contribution in [0.2, 0.25) is 0 Å². The van der Waals surface area contributed by atoms with Crippen molar-refractivity contribution in [3.8, 4) is 0 Å². The molecular weight excluding hydrogens is 258 g/mol. The second kappa shape index (κ2) is 6.24. The average molecular weight is 277 g/mol. The van der Waals surface area contributed by atoms with E-state index in [0.29, 0.717) is 24.9 Å². The standard InChI is InChI=1S/C11H19N9/c1-4-13-5-8-6-20(18-17-8)7-9-14-10(12)16-11(15-9)19(2)3/h6,13H,4-5,7H2,1-3H3,(H2,12,14,15,16). The Morgan fingerprint density at radius 1 is 1.30 bits per heavy atom. The van der Waals surface area contributed by atoms with Gasteiger partial charge in [0.2, 0.25) is 11.9 Å². The van der Waals surface area contributed by atoms with Gasteiger partial charge in [0.25, 0.3) is 0 Å². The predicted octanol–water partition coefficient (Wildman–Crippen LogP) is -0.731. The highest BCUT2D eigenvalue weighted by Gasteiger charge is 2.08. The number of nitrogen functional groups attached to an aromatic ring is 1. The molecule has 0 fully saturated rings. The van der Waals surface area contributed by atoms with E-state index >= 15 is 0 Å². The number of hydrogen-bond donors (Lipinski definition) is 2. The lowest BCUT2D eigenvalue weighted by Gasteiger charge is -2.11. The molecule has 0 aliphatic rings. The molecule has 0 aromatic carbocycles. The Balaban J connectivity index is 2.11. The number of anilines is 2. The maximum Gasteiger partial charge on any atom is 0.229 e. The number of nitrogens with zero attached hydrogens (tertiary/aromatic N) is 7. The topological polar surface area (TPSA) is 111 Å². The van der Waals surface area contributed by atoms with Crippen molar-refractivity contribution >= 4 is 11.9 Å². The summed E-state index contributed by atoms with van der Waals surface area (Å²) < 4.78 is 1.68. The van der Waals surface area contributed by atoms with Gasteiger partial charge in [0.05, 0.1) is 11.9 Å². The molecule has 0 unspecified atom stereocenters. The molecule has 20 heavy (non-hydrogen) atoms. The SMILES string of the molecule is CCNCc1cn(Cc2nc(N)nc(N(C)C)n2)nn1. The third-order valence-electron chi connectivity index (χ3n) is 2.53. The summed E-state index contributed by atoms with van der Waals surface area (Å²) in [6.45, 7) is 4.04. The van der Waals surface area contributed by atoms with Gasteiger partial charge in [-0.25, -0.2) is 4.68 Å². The van der Waals surface area contributed by atoms with Gasteiger partial charge < -0.3 is 16.0 Å². The molecule has 2 aromatic rings. The Hall–Kier alpha value is -2.29. The van der Waals surface area contributed by atoms with E-state index < -0.39 is 0 Å². The molecule has 0 bridgehead atoms. The summed E-state index contributed by atoms with van der Waals surface area (Å²) in [6.07, 6.45) is 1.86. The Morgan fingerprint density at radius 3 is 2.80 bits per heavy atom. The minimum absolute atomic E-state index is 0.201. The molecule has 0 aliphatic heterocycles. The molecule has 9 heteroatoms. The van der Waals surface area contributed by atoms with E-state index in [9.17, 15) is 0 Å². The van der Waals surface area contributed by atoms with Crippen LogP contribution in [0, 0.1) is 0 Å². The third-order valence-corrected chi connectivity index (χ3v) is 2.53. The zero-order chi connectivity index (χ0) is 14.5. The van der Waals surface area contributed by atoms with Crippen LogP contribution in [-0.4, -0.2) is 50.6 Å². The molecule has 3 N–H and O–H groups in total. The predicted molar refractivity (Wildman–Crippen MR) is 75.1 cm³/mol. The van der Waals surface area contributed by atoms with E-state index in [1.807, 2.05) is 27.2 Å². The summed E-state index contributed by atoms with van der Waals surface area (Å²) in [5.74, 6) is 1.29. The van der Waals surface area contributed by atoms with Crippen molar-refractivity contribution in [3.63, 3.8) is 0 Å². The second-order valence-corrected chi connectivity index (χ2v) is 4.49. The smallest absolute Gasteiger partial charge is 0.229 e. The van der Waals surface area contributed by atoms with Crippen molar-refractivity contribution in [1.29, 1.82) is 0 Å². The highest BCUT2D eigenvalue weighted by molar-refractivity contribution is 5.32. The normalized spacial score (nSPS) is 10.8. The molecule has 0 saturated heterocycles. The molecule has 9 nitrogen and oxygen atoms in total. The highest BCUT2D eigenvalue weighted by atomic mass is 15.4. The number of nitrogens with one attached hydrogen (secondary N) is 1. The molecule has 2 rings (SSSR count). The minimum atomic E-state index is 0.201. The zero-order valence-corrected chi connectivity index (χ0v) is 11.9. The number of rotatable bonds is 6. The molecule has 2 aromatic heterocycles. The summed E-state index contributed by atoms with van der Waals surface area (Å²) in [4.78, 5) is 14.3. The number of aromatic nitrogens is 6. The summed E-state index contributed by atoms with van der Waals surface area (Å²) in [7, 11) is 3.70. The summed E-state index contributed by atoms with van der Waals surface area (Å²) >= 11 is 0. The Bertz CT molecular complexity index is 563. The van der Waals surface area contributed by atoms with E-state index in [1.54, 1.807) is 9.58 Å². The lowest BCUT2D eigenvalue weighted by atomic mass is 10.4. The first-order chi connectivity index (χ1) is 9.58. The fraction of sp³-hybridized carbons (Fsp3) is 0.545. The molecule has 0 aliphatic carbocycles. The summed E-state index contributed by atoms with van der Waals surface area (Å²) in [6, 6.07) is 0. The van der Waals surface area contributed by atoms with Crippen molar-refractivity contribution in [2.75, 3.05) is 31.3 Å². The molecule has 0 spiro atoms. The van der Waals surface area contributed by atoms with E-state index in [4.69, 9.17) is 5.73 Å². The van der Waals surface area contributed by atoms with E-state index in [1.165, 1.54) is 0 Å². The Kier molecular flexibility index (Phi) is 4.41. The molecule has 0 amide bonds. The Morgan fingerprint density at radius 2 is 2.10 bits per heavy atom. The number of hydrogen-bond acceptors (Lipinski definition) is 8. The van der Waals surface area contributed by atoms with E-state index in [-0.39, 0.29) is 5.95 Å². The zero-order valence-electron chi connectivity index (χ0n) is 11.9. The van der Waals surface area contributed by atoms with Crippen LogP contribution in [0.25, 0.3) is 0 Å². The van der Waals surface area contributed by atoms with Crippen LogP contribution in [-0.2, 0) is 13.1 Å². The van der Waals surface area contributed by atoms with Crippen LogP contribution in [0.4, 0.5) is 11.9 Å². The van der Waals surface area contributed by atoms with Crippen molar-refractivity contribution in [2.45, 2.75) is 20.0 Å². The van der Waals surface area contributed by atoms with Crippen LogP contribution < -0.4 is 16.0 Å². The fourth-order valence-corrected chi connectivity index (χ4v) is 1.59. The largest absolute Gasteiger partial charge is 0.368 e. The van der Waals surface area contributed by atoms with Crippen molar-refractivity contribution in [3.05, 3.63) is 17.7 Å². The monoisotopic (exact) mass is 277 g/mol. The van der Waals surface area contributed by atoms with Gasteiger partial charge in [-0.05, 0) is 6.54 Å². The molecule has 0 radical (unpaired) electrons. The maximum atomic E-state index is 5.68. The second-order valence-electron chi connectivity index (χ2n) is 4.49. The van der Waals surface area contributed by atoms with E-state index in [0.717, 1.165) is 12.2 Å². The van der Waals surface area contributed by atoms with Crippen LogP contribution in [0.5, 0.6) is 0 Å². The minimum Gasteiger partial charge on any atom is -0.368 e. The molecule has 0 saturated carbocycles. The summed E-state index contributed by atoms with van der Waals surface area (Å²) in [5.41, 5.74) is 6.55. The van der Waals surface area contributed by atoms with Crippen LogP contribution >= 0.6 is 0 Å². The van der Waals surface area contributed by atoms with Crippen LogP contribution in [0.15, 0.2) is 6.20 Å². The van der Waals surface area contributed by atoms with Gasteiger partial charge in [-0.2, -0.15) is 15.0 Å². The molecule has 108 valence electrons. The van der Waals surface area contributed by atoms with Crippen LogP contribution in [0.1, 0.15) is 18.4 Å². The molecule has 2 heterocycles. The van der Waals surface area contributed by atoms with Gasteiger partial charge >= 0.3 is 0 Å². The Labute approximate surface area is 117 Å². The summed E-state index contributed by atoms with van der Waals surface area (Å²) in [5, 5.41) is 11.3. The van der Waals surface area contributed by atoms with Gasteiger partial charge in [-0.1, -0.05) is 12.1 Å². The lowest BCUT2D eigenvalue weighted by molar-refractivity contribution is 0.621. The third kappa shape index (κ3) is 3.60.